The van der Waals surface area contributed by atoms with Crippen LogP contribution < -0.4 is 0 Å². The van der Waals surface area contributed by atoms with Crippen molar-refractivity contribution in [3.63, 3.8) is 0 Å². The molecule has 0 rings (SSSR count). The summed E-state index contributed by atoms with van der Waals surface area (Å²) < 4.78 is 5.15. The van der Waals surface area contributed by atoms with Gasteiger partial charge in [-0.1, -0.05) is 17.7 Å². The van der Waals surface area contributed by atoms with Crippen molar-refractivity contribution in [3.05, 3.63) is 24.3 Å². The molecule has 1 nitrogen and oxygen atoms in total. The normalized spacial score (nSPS) is 11.6. The standard InChI is InChI=1S/C8H14O/c1-4-6-9-7-8(3)5-2/h4-5H,1,6-7H2,2-3H3/b8-5+. The minimum Gasteiger partial charge on any atom is -0.373 e. The fourth-order valence-electron chi connectivity index (χ4n) is 0.387. The maximum absolute atomic E-state index is 5.15. The van der Waals surface area contributed by atoms with E-state index in [2.05, 4.69) is 6.58 Å². The van der Waals surface area contributed by atoms with Gasteiger partial charge in [-0.2, -0.15) is 0 Å². The van der Waals surface area contributed by atoms with Crippen LogP contribution in [0.5, 0.6) is 0 Å². The van der Waals surface area contributed by atoms with E-state index < -0.39 is 0 Å². The van der Waals surface area contributed by atoms with E-state index in [0.29, 0.717) is 6.61 Å². The van der Waals surface area contributed by atoms with Crippen LogP contribution in [0, 0.1) is 0 Å². The second kappa shape index (κ2) is 5.57. The molecule has 0 aromatic heterocycles. The summed E-state index contributed by atoms with van der Waals surface area (Å²) in [5, 5.41) is 0. The van der Waals surface area contributed by atoms with Crippen molar-refractivity contribution >= 4 is 0 Å². The maximum atomic E-state index is 5.15. The van der Waals surface area contributed by atoms with Gasteiger partial charge in [-0.05, 0) is 13.8 Å². The highest BCUT2D eigenvalue weighted by atomic mass is 16.5. The third kappa shape index (κ3) is 5.31. The summed E-state index contributed by atoms with van der Waals surface area (Å²) >= 11 is 0. The molecule has 9 heavy (non-hydrogen) atoms. The third-order valence-electron chi connectivity index (χ3n) is 1.06. The number of hydrogen-bond donors (Lipinski definition) is 0. The Morgan fingerprint density at radius 2 is 2.33 bits per heavy atom. The number of rotatable bonds is 4. The van der Waals surface area contributed by atoms with Gasteiger partial charge >= 0.3 is 0 Å². The van der Waals surface area contributed by atoms with Crippen LogP contribution >= 0.6 is 0 Å². The molecule has 0 spiro atoms. The van der Waals surface area contributed by atoms with E-state index >= 15 is 0 Å². The molecule has 0 saturated carbocycles. The molecule has 0 N–H and O–H groups in total. The first-order valence-electron chi connectivity index (χ1n) is 3.11. The predicted molar refractivity (Wildman–Crippen MR) is 40.4 cm³/mol. The Morgan fingerprint density at radius 1 is 1.67 bits per heavy atom. The molecule has 0 aromatic rings. The van der Waals surface area contributed by atoms with Crippen LogP contribution in [0.2, 0.25) is 0 Å². The average molecular weight is 126 g/mol. The first-order chi connectivity index (χ1) is 4.31. The van der Waals surface area contributed by atoms with Crippen LogP contribution in [0.4, 0.5) is 0 Å². The van der Waals surface area contributed by atoms with E-state index in [0.717, 1.165) is 6.61 Å². The molecule has 0 aliphatic rings. The summed E-state index contributed by atoms with van der Waals surface area (Å²) in [4.78, 5) is 0. The summed E-state index contributed by atoms with van der Waals surface area (Å²) in [5.41, 5.74) is 1.26. The van der Waals surface area contributed by atoms with Crippen molar-refractivity contribution < 1.29 is 4.74 Å². The minimum absolute atomic E-state index is 0.644. The topological polar surface area (TPSA) is 9.23 Å². The van der Waals surface area contributed by atoms with Crippen molar-refractivity contribution in [1.29, 1.82) is 0 Å². The van der Waals surface area contributed by atoms with Gasteiger partial charge in [0.05, 0.1) is 13.2 Å². The van der Waals surface area contributed by atoms with Crippen LogP contribution in [0.3, 0.4) is 0 Å². The zero-order valence-corrected chi connectivity index (χ0v) is 6.18. The highest BCUT2D eigenvalue weighted by molar-refractivity contribution is 4.95. The monoisotopic (exact) mass is 126 g/mol. The highest BCUT2D eigenvalue weighted by Crippen LogP contribution is 1.91. The van der Waals surface area contributed by atoms with Crippen LogP contribution in [-0.4, -0.2) is 13.2 Å². The van der Waals surface area contributed by atoms with Gasteiger partial charge in [0.25, 0.3) is 0 Å². The molecule has 0 aromatic carbocycles. The SMILES string of the molecule is C=CCOC/C(C)=C/C. The Labute approximate surface area is 57.0 Å². The summed E-state index contributed by atoms with van der Waals surface area (Å²) in [6.45, 7) is 8.96. The molecule has 0 amide bonds. The summed E-state index contributed by atoms with van der Waals surface area (Å²) in [7, 11) is 0. The molecule has 0 bridgehead atoms. The van der Waals surface area contributed by atoms with Gasteiger partial charge in [-0.15, -0.1) is 6.58 Å². The molecule has 52 valence electrons. The lowest BCUT2D eigenvalue weighted by molar-refractivity contribution is 0.187. The molecule has 1 heteroatoms. The van der Waals surface area contributed by atoms with E-state index in [1.54, 1.807) is 6.08 Å². The first-order valence-corrected chi connectivity index (χ1v) is 3.11. The van der Waals surface area contributed by atoms with Gasteiger partial charge in [0.1, 0.15) is 0 Å². The van der Waals surface area contributed by atoms with Crippen molar-refractivity contribution in [3.8, 4) is 0 Å². The maximum Gasteiger partial charge on any atom is 0.0678 e. The Kier molecular flexibility index (Phi) is 5.23. The first kappa shape index (κ1) is 8.44. The molecular formula is C8H14O. The summed E-state index contributed by atoms with van der Waals surface area (Å²) in [5.74, 6) is 0. The van der Waals surface area contributed by atoms with Crippen LogP contribution in [-0.2, 0) is 4.74 Å². The molecule has 0 atom stereocenters. The highest BCUT2D eigenvalue weighted by Gasteiger charge is 1.83. The zero-order chi connectivity index (χ0) is 7.11. The van der Waals surface area contributed by atoms with Crippen LogP contribution in [0.15, 0.2) is 24.3 Å². The Bertz CT molecular complexity index is 103. The van der Waals surface area contributed by atoms with Gasteiger partial charge in [0, 0.05) is 0 Å². The Balaban J connectivity index is 3.17. The number of allylic oxidation sites excluding steroid dienone is 1. The summed E-state index contributed by atoms with van der Waals surface area (Å²) in [6, 6.07) is 0. The Morgan fingerprint density at radius 3 is 2.78 bits per heavy atom. The lowest BCUT2D eigenvalue weighted by Crippen LogP contribution is -1.94. The second-order valence-corrected chi connectivity index (χ2v) is 1.94. The fraction of sp³-hybridized carbons (Fsp3) is 0.500. The van der Waals surface area contributed by atoms with Gasteiger partial charge < -0.3 is 4.74 Å². The van der Waals surface area contributed by atoms with Crippen LogP contribution in [0.1, 0.15) is 13.8 Å². The van der Waals surface area contributed by atoms with E-state index in [9.17, 15) is 0 Å². The van der Waals surface area contributed by atoms with Gasteiger partial charge in [0.2, 0.25) is 0 Å². The van der Waals surface area contributed by atoms with Crippen molar-refractivity contribution in [2.75, 3.05) is 13.2 Å². The molecular weight excluding hydrogens is 112 g/mol. The van der Waals surface area contributed by atoms with Crippen molar-refractivity contribution in [2.24, 2.45) is 0 Å². The lowest BCUT2D eigenvalue weighted by atomic mass is 10.3. The van der Waals surface area contributed by atoms with Gasteiger partial charge in [-0.3, -0.25) is 0 Å². The second-order valence-electron chi connectivity index (χ2n) is 1.94. The number of hydrogen-bond acceptors (Lipinski definition) is 1. The van der Waals surface area contributed by atoms with Crippen LogP contribution in [0.25, 0.3) is 0 Å². The molecule has 0 unspecified atom stereocenters. The molecule has 0 heterocycles. The molecule has 0 radical (unpaired) electrons. The van der Waals surface area contributed by atoms with Gasteiger partial charge in [0.15, 0.2) is 0 Å². The number of ether oxygens (including phenoxy) is 1. The van der Waals surface area contributed by atoms with Gasteiger partial charge in [-0.25, -0.2) is 0 Å². The van der Waals surface area contributed by atoms with E-state index in [-0.39, 0.29) is 0 Å². The molecule has 0 saturated heterocycles. The third-order valence-corrected chi connectivity index (χ3v) is 1.06. The fourth-order valence-corrected chi connectivity index (χ4v) is 0.387. The van der Waals surface area contributed by atoms with Crippen molar-refractivity contribution in [1.82, 2.24) is 0 Å². The largest absolute Gasteiger partial charge is 0.373 e. The lowest BCUT2D eigenvalue weighted by Gasteiger charge is -1.98. The van der Waals surface area contributed by atoms with Crippen molar-refractivity contribution in [2.45, 2.75) is 13.8 Å². The molecule has 0 fully saturated rings. The Hall–Kier alpha value is -0.560. The predicted octanol–water partition coefficient (Wildman–Crippen LogP) is 2.16. The molecule has 0 aliphatic carbocycles. The average Bonchev–Trinajstić information content (AvgIpc) is 1.89. The van der Waals surface area contributed by atoms with E-state index in [4.69, 9.17) is 4.74 Å². The van der Waals surface area contributed by atoms with E-state index in [1.807, 2.05) is 19.9 Å². The zero-order valence-electron chi connectivity index (χ0n) is 6.18. The smallest absolute Gasteiger partial charge is 0.0678 e. The molecule has 0 aliphatic heterocycles. The summed E-state index contributed by atoms with van der Waals surface area (Å²) in [6.07, 6.45) is 3.80. The quantitative estimate of drug-likeness (QED) is 0.414. The minimum atomic E-state index is 0.644. The van der Waals surface area contributed by atoms with E-state index in [1.165, 1.54) is 5.57 Å².